The van der Waals surface area contributed by atoms with Crippen molar-refractivity contribution in [2.45, 2.75) is 6.92 Å². The molecule has 2 rings (SSSR count). The topological polar surface area (TPSA) is 76.7 Å². The van der Waals surface area contributed by atoms with E-state index in [9.17, 15) is 4.79 Å². The van der Waals surface area contributed by atoms with Crippen LogP contribution in [0, 0.1) is 0 Å². The molecule has 0 saturated heterocycles. The monoisotopic (exact) mass is 285 g/mol. The SMILES string of the molecule is CCOc1nc(Br)cn2cc(C(=O)O)nc12. The van der Waals surface area contributed by atoms with Gasteiger partial charge >= 0.3 is 5.97 Å². The molecule has 0 fully saturated rings. The molecule has 0 bridgehead atoms. The lowest BCUT2D eigenvalue weighted by Gasteiger charge is -2.03. The fourth-order valence-electron chi connectivity index (χ4n) is 1.28. The number of hydrogen-bond donors (Lipinski definition) is 1. The lowest BCUT2D eigenvalue weighted by molar-refractivity contribution is 0.0691. The van der Waals surface area contributed by atoms with E-state index in [-0.39, 0.29) is 5.69 Å². The molecule has 2 aromatic heterocycles. The van der Waals surface area contributed by atoms with E-state index in [0.29, 0.717) is 22.7 Å². The van der Waals surface area contributed by atoms with Crippen LogP contribution in [0.2, 0.25) is 0 Å². The number of hydrogen-bond acceptors (Lipinski definition) is 4. The second-order valence-electron chi connectivity index (χ2n) is 2.96. The second kappa shape index (κ2) is 4.09. The Hall–Kier alpha value is -1.63. The van der Waals surface area contributed by atoms with Crippen molar-refractivity contribution in [1.29, 1.82) is 0 Å². The van der Waals surface area contributed by atoms with Gasteiger partial charge in [0, 0.05) is 12.4 Å². The van der Waals surface area contributed by atoms with Crippen LogP contribution >= 0.6 is 15.9 Å². The molecular weight excluding hydrogens is 278 g/mol. The Kier molecular flexibility index (Phi) is 2.78. The third-order valence-corrected chi connectivity index (χ3v) is 2.26. The average Bonchev–Trinajstić information content (AvgIpc) is 2.61. The normalized spacial score (nSPS) is 10.6. The quantitative estimate of drug-likeness (QED) is 0.927. The highest BCUT2D eigenvalue weighted by Crippen LogP contribution is 2.20. The van der Waals surface area contributed by atoms with Crippen LogP contribution in [0.1, 0.15) is 17.4 Å². The predicted molar refractivity (Wildman–Crippen MR) is 58.8 cm³/mol. The zero-order valence-electron chi connectivity index (χ0n) is 8.35. The summed E-state index contributed by atoms with van der Waals surface area (Å²) < 4.78 is 7.39. The standard InChI is InChI=1S/C9H8BrN3O3/c1-2-16-8-7-11-5(9(14)15)3-13(7)4-6(10)12-8/h3-4H,2H2,1H3,(H,14,15). The minimum atomic E-state index is -1.08. The Balaban J connectivity index is 2.65. The van der Waals surface area contributed by atoms with E-state index in [0.717, 1.165) is 0 Å². The van der Waals surface area contributed by atoms with E-state index in [4.69, 9.17) is 9.84 Å². The number of rotatable bonds is 3. The van der Waals surface area contributed by atoms with Gasteiger partial charge in [0.1, 0.15) is 4.60 Å². The molecular formula is C9H8BrN3O3. The van der Waals surface area contributed by atoms with Crippen LogP contribution in [0.3, 0.4) is 0 Å². The van der Waals surface area contributed by atoms with Crippen LogP contribution in [0.5, 0.6) is 5.88 Å². The number of nitrogens with zero attached hydrogens (tertiary/aromatic N) is 3. The predicted octanol–water partition coefficient (Wildman–Crippen LogP) is 1.59. The van der Waals surface area contributed by atoms with E-state index in [2.05, 4.69) is 25.9 Å². The highest BCUT2D eigenvalue weighted by molar-refractivity contribution is 9.10. The Bertz CT molecular complexity index is 552. The molecule has 1 N–H and O–H groups in total. The molecule has 6 nitrogen and oxygen atoms in total. The summed E-state index contributed by atoms with van der Waals surface area (Å²) in [6.45, 7) is 2.26. The van der Waals surface area contributed by atoms with Crippen molar-refractivity contribution in [2.75, 3.05) is 6.61 Å². The van der Waals surface area contributed by atoms with Gasteiger partial charge in [0.2, 0.25) is 5.65 Å². The number of aromatic carboxylic acids is 1. The number of ether oxygens (including phenoxy) is 1. The van der Waals surface area contributed by atoms with E-state index in [1.165, 1.54) is 6.20 Å². The van der Waals surface area contributed by atoms with Crippen LogP contribution in [-0.4, -0.2) is 32.1 Å². The third-order valence-electron chi connectivity index (χ3n) is 1.88. The molecule has 16 heavy (non-hydrogen) atoms. The maximum absolute atomic E-state index is 10.8. The minimum absolute atomic E-state index is 0.0409. The Labute approximate surface area is 99.0 Å². The molecule has 2 aromatic rings. The number of halogens is 1. The second-order valence-corrected chi connectivity index (χ2v) is 3.78. The van der Waals surface area contributed by atoms with Gasteiger partial charge in [-0.05, 0) is 22.9 Å². The first-order valence-corrected chi connectivity index (χ1v) is 5.32. The van der Waals surface area contributed by atoms with Crippen LogP contribution in [-0.2, 0) is 0 Å². The molecule has 84 valence electrons. The summed E-state index contributed by atoms with van der Waals surface area (Å²) in [7, 11) is 0. The van der Waals surface area contributed by atoms with Crippen molar-refractivity contribution >= 4 is 27.5 Å². The number of fused-ring (bicyclic) bond motifs is 1. The van der Waals surface area contributed by atoms with Crippen molar-refractivity contribution in [3.05, 3.63) is 22.7 Å². The fourth-order valence-corrected chi connectivity index (χ4v) is 1.66. The number of carbonyl (C=O) groups is 1. The summed E-state index contributed by atoms with van der Waals surface area (Å²) in [5.41, 5.74) is 0.350. The number of aromatic nitrogens is 3. The Morgan fingerprint density at radius 2 is 2.31 bits per heavy atom. The van der Waals surface area contributed by atoms with Gasteiger partial charge in [-0.2, -0.15) is 0 Å². The van der Waals surface area contributed by atoms with Crippen LogP contribution < -0.4 is 4.74 Å². The number of imidazole rings is 1. The molecule has 0 aliphatic heterocycles. The van der Waals surface area contributed by atoms with Crippen molar-refractivity contribution in [2.24, 2.45) is 0 Å². The van der Waals surface area contributed by atoms with E-state index >= 15 is 0 Å². The van der Waals surface area contributed by atoms with Gasteiger partial charge in [0.25, 0.3) is 5.88 Å². The zero-order valence-corrected chi connectivity index (χ0v) is 9.93. The maximum atomic E-state index is 10.8. The Morgan fingerprint density at radius 1 is 1.56 bits per heavy atom. The summed E-state index contributed by atoms with van der Waals surface area (Å²) >= 11 is 3.21. The molecule has 0 spiro atoms. The van der Waals surface area contributed by atoms with Gasteiger partial charge in [0.05, 0.1) is 6.61 Å². The first kappa shape index (κ1) is 10.9. The van der Waals surface area contributed by atoms with Gasteiger partial charge in [-0.1, -0.05) is 0 Å². The third kappa shape index (κ3) is 1.85. The molecule has 0 amide bonds. The molecule has 0 radical (unpaired) electrons. The molecule has 0 aliphatic rings. The van der Waals surface area contributed by atoms with Crippen molar-refractivity contribution < 1.29 is 14.6 Å². The smallest absolute Gasteiger partial charge is 0.356 e. The summed E-state index contributed by atoms with van der Waals surface area (Å²) in [5.74, 6) is -0.772. The van der Waals surface area contributed by atoms with Crippen LogP contribution in [0.25, 0.3) is 5.65 Å². The minimum Gasteiger partial charge on any atom is -0.476 e. The molecule has 2 heterocycles. The van der Waals surface area contributed by atoms with Gasteiger partial charge in [-0.25, -0.2) is 14.8 Å². The van der Waals surface area contributed by atoms with Gasteiger partial charge < -0.3 is 9.84 Å². The van der Waals surface area contributed by atoms with Crippen molar-refractivity contribution in [3.8, 4) is 5.88 Å². The molecule has 0 aliphatic carbocycles. The molecule has 0 atom stereocenters. The Morgan fingerprint density at radius 3 is 2.94 bits per heavy atom. The zero-order chi connectivity index (χ0) is 11.7. The summed E-state index contributed by atoms with van der Waals surface area (Å²) in [6.07, 6.45) is 3.03. The first-order chi connectivity index (χ1) is 7.61. The average molecular weight is 286 g/mol. The van der Waals surface area contributed by atoms with E-state index in [1.807, 2.05) is 6.92 Å². The number of carboxylic acids is 1. The lowest BCUT2D eigenvalue weighted by atomic mass is 10.5. The van der Waals surface area contributed by atoms with Crippen molar-refractivity contribution in [1.82, 2.24) is 14.4 Å². The highest BCUT2D eigenvalue weighted by Gasteiger charge is 2.14. The van der Waals surface area contributed by atoms with E-state index in [1.54, 1.807) is 10.6 Å². The first-order valence-electron chi connectivity index (χ1n) is 4.53. The number of carboxylic acid groups (broad SMARTS) is 1. The van der Waals surface area contributed by atoms with Gasteiger partial charge in [-0.3, -0.25) is 4.40 Å². The molecule has 0 unspecified atom stereocenters. The summed E-state index contributed by atoms with van der Waals surface area (Å²) in [4.78, 5) is 18.8. The van der Waals surface area contributed by atoms with Gasteiger partial charge in [0.15, 0.2) is 5.69 Å². The van der Waals surface area contributed by atoms with Gasteiger partial charge in [-0.15, -0.1) is 0 Å². The van der Waals surface area contributed by atoms with E-state index < -0.39 is 5.97 Å². The summed E-state index contributed by atoms with van der Waals surface area (Å²) in [5, 5.41) is 8.83. The largest absolute Gasteiger partial charge is 0.476 e. The fraction of sp³-hybridized carbons (Fsp3) is 0.222. The summed E-state index contributed by atoms with van der Waals surface area (Å²) in [6, 6.07) is 0. The lowest BCUT2D eigenvalue weighted by Crippen LogP contribution is -1.99. The van der Waals surface area contributed by atoms with Crippen LogP contribution in [0.15, 0.2) is 17.0 Å². The highest BCUT2D eigenvalue weighted by atomic mass is 79.9. The molecule has 0 aromatic carbocycles. The molecule has 0 saturated carbocycles. The molecule has 7 heteroatoms. The van der Waals surface area contributed by atoms with Crippen molar-refractivity contribution in [3.63, 3.8) is 0 Å². The van der Waals surface area contributed by atoms with Crippen LogP contribution in [0.4, 0.5) is 0 Å². The maximum Gasteiger partial charge on any atom is 0.356 e.